The summed E-state index contributed by atoms with van der Waals surface area (Å²) in [6.45, 7) is 0.608. The van der Waals surface area contributed by atoms with Crippen molar-refractivity contribution >= 4 is 34.8 Å². The average molecular weight is 371 g/mol. The van der Waals surface area contributed by atoms with Crippen LogP contribution in [0.15, 0.2) is 42.5 Å². The summed E-state index contributed by atoms with van der Waals surface area (Å²) in [5, 5.41) is 4.77. The Morgan fingerprint density at radius 3 is 2.37 bits per heavy atom. The molecule has 2 aromatic carbocycles. The highest BCUT2D eigenvalue weighted by Crippen LogP contribution is 2.33. The van der Waals surface area contributed by atoms with Crippen molar-refractivity contribution in [1.29, 1.82) is 0 Å². The number of hydrogen-bond acceptors (Lipinski definition) is 4. The first-order valence-corrected chi connectivity index (χ1v) is 8.34. The molecule has 7 nitrogen and oxygen atoms in total. The lowest BCUT2D eigenvalue weighted by atomic mass is 10.2. The topological polar surface area (TPSA) is 87.7 Å². The first-order chi connectivity index (χ1) is 13.0. The molecule has 0 radical (unpaired) electrons. The molecule has 0 bridgehead atoms. The summed E-state index contributed by atoms with van der Waals surface area (Å²) in [7, 11) is 1.46. The summed E-state index contributed by atoms with van der Waals surface area (Å²) in [4.78, 5) is 37.6. The Kier molecular flexibility index (Phi) is 5.35. The van der Waals surface area contributed by atoms with E-state index >= 15 is 0 Å². The zero-order chi connectivity index (χ0) is 19.4. The van der Waals surface area contributed by atoms with E-state index < -0.39 is 17.6 Å². The fourth-order valence-electron chi connectivity index (χ4n) is 2.82. The van der Waals surface area contributed by atoms with Crippen LogP contribution < -0.4 is 20.3 Å². The summed E-state index contributed by atoms with van der Waals surface area (Å²) in [5.41, 5.74) is 1.12. The molecule has 1 aliphatic rings. The Bertz CT molecular complexity index is 900. The highest BCUT2D eigenvalue weighted by atomic mass is 19.1. The predicted molar refractivity (Wildman–Crippen MR) is 98.2 cm³/mol. The summed E-state index contributed by atoms with van der Waals surface area (Å²) in [5.74, 6) is -1.94. The van der Waals surface area contributed by atoms with E-state index in [9.17, 15) is 18.8 Å². The van der Waals surface area contributed by atoms with E-state index in [-0.39, 0.29) is 11.6 Å². The van der Waals surface area contributed by atoms with Gasteiger partial charge in [-0.1, -0.05) is 6.07 Å². The Balaban J connectivity index is 1.70. The molecule has 0 aliphatic carbocycles. The molecular formula is C19H18FN3O4. The Morgan fingerprint density at radius 1 is 1.07 bits per heavy atom. The van der Waals surface area contributed by atoms with Crippen molar-refractivity contribution in [3.8, 4) is 5.75 Å². The Morgan fingerprint density at radius 2 is 1.78 bits per heavy atom. The summed E-state index contributed by atoms with van der Waals surface area (Å²) < 4.78 is 18.5. The third kappa shape index (κ3) is 4.22. The highest BCUT2D eigenvalue weighted by molar-refractivity contribution is 6.43. The largest absolute Gasteiger partial charge is 0.494 e. The van der Waals surface area contributed by atoms with Crippen molar-refractivity contribution in [2.24, 2.45) is 0 Å². The number of anilines is 3. The number of rotatable bonds is 4. The highest BCUT2D eigenvalue weighted by Gasteiger charge is 2.25. The minimum Gasteiger partial charge on any atom is -0.494 e. The van der Waals surface area contributed by atoms with Crippen LogP contribution in [0.5, 0.6) is 5.75 Å². The van der Waals surface area contributed by atoms with E-state index in [0.717, 1.165) is 12.5 Å². The van der Waals surface area contributed by atoms with Crippen LogP contribution in [0.2, 0.25) is 0 Å². The van der Waals surface area contributed by atoms with E-state index in [1.165, 1.54) is 31.4 Å². The molecule has 8 heteroatoms. The molecule has 1 saturated heterocycles. The van der Waals surface area contributed by atoms with Gasteiger partial charge in [-0.3, -0.25) is 14.4 Å². The molecule has 0 atom stereocenters. The zero-order valence-electron chi connectivity index (χ0n) is 14.6. The van der Waals surface area contributed by atoms with E-state index in [1.807, 2.05) is 0 Å². The number of benzene rings is 2. The van der Waals surface area contributed by atoms with Crippen molar-refractivity contribution in [2.75, 3.05) is 29.2 Å². The Labute approximate surface area is 155 Å². The zero-order valence-corrected chi connectivity index (χ0v) is 14.6. The maximum absolute atomic E-state index is 13.1. The molecule has 27 heavy (non-hydrogen) atoms. The number of carbonyl (C=O) groups is 3. The summed E-state index contributed by atoms with van der Waals surface area (Å²) in [6.07, 6.45) is 1.27. The lowest BCUT2D eigenvalue weighted by Crippen LogP contribution is -2.29. The van der Waals surface area contributed by atoms with Crippen molar-refractivity contribution in [3.05, 3.63) is 48.3 Å². The molecule has 0 spiro atoms. The molecule has 3 amide bonds. The van der Waals surface area contributed by atoms with Gasteiger partial charge in [0.2, 0.25) is 5.91 Å². The molecule has 140 valence electrons. The second kappa shape index (κ2) is 7.86. The van der Waals surface area contributed by atoms with Crippen molar-refractivity contribution < 1.29 is 23.5 Å². The number of halogens is 1. The van der Waals surface area contributed by atoms with Gasteiger partial charge in [-0.25, -0.2) is 4.39 Å². The van der Waals surface area contributed by atoms with Gasteiger partial charge < -0.3 is 20.3 Å². The number of ether oxygens (including phenoxy) is 1. The Hall–Kier alpha value is -3.42. The van der Waals surface area contributed by atoms with E-state index in [4.69, 9.17) is 4.74 Å². The second-order valence-electron chi connectivity index (χ2n) is 5.95. The van der Waals surface area contributed by atoms with Crippen LogP contribution >= 0.6 is 0 Å². The molecule has 2 N–H and O–H groups in total. The fourth-order valence-corrected chi connectivity index (χ4v) is 2.82. The molecule has 2 aromatic rings. The first-order valence-electron chi connectivity index (χ1n) is 8.34. The third-order valence-electron chi connectivity index (χ3n) is 4.09. The normalized spacial score (nSPS) is 13.4. The van der Waals surface area contributed by atoms with Gasteiger partial charge in [-0.05, 0) is 36.8 Å². The number of nitrogens with one attached hydrogen (secondary N) is 2. The van der Waals surface area contributed by atoms with Crippen molar-refractivity contribution in [1.82, 2.24) is 0 Å². The first kappa shape index (κ1) is 18.4. The maximum atomic E-state index is 13.1. The van der Waals surface area contributed by atoms with Crippen LogP contribution in [0.25, 0.3) is 0 Å². The molecule has 0 aromatic heterocycles. The molecule has 0 unspecified atom stereocenters. The van der Waals surface area contributed by atoms with Crippen LogP contribution in [0.4, 0.5) is 21.5 Å². The van der Waals surface area contributed by atoms with Crippen LogP contribution in [-0.4, -0.2) is 31.4 Å². The van der Waals surface area contributed by atoms with E-state index in [0.29, 0.717) is 30.1 Å². The number of amides is 3. The maximum Gasteiger partial charge on any atom is 0.314 e. The van der Waals surface area contributed by atoms with Gasteiger partial charge in [-0.2, -0.15) is 0 Å². The monoisotopic (exact) mass is 371 g/mol. The quantitative estimate of drug-likeness (QED) is 0.809. The minimum absolute atomic E-state index is 0.0135. The average Bonchev–Trinajstić information content (AvgIpc) is 3.07. The fraction of sp³-hybridized carbons (Fsp3) is 0.211. The SMILES string of the molecule is COc1cc(NC(=O)C(=O)Nc2cccc(F)c2)ccc1N1CCCC1=O. The molecule has 1 fully saturated rings. The standard InChI is InChI=1S/C19H18FN3O4/c1-27-16-11-14(7-8-15(16)23-9-3-6-17(23)24)22-19(26)18(25)21-13-5-2-4-12(20)10-13/h2,4-5,7-8,10-11H,3,6,9H2,1H3,(H,21,25)(H,22,26). The van der Waals surface area contributed by atoms with Gasteiger partial charge in [0.15, 0.2) is 0 Å². The predicted octanol–water partition coefficient (Wildman–Crippen LogP) is 2.54. The number of methoxy groups -OCH3 is 1. The lowest BCUT2D eigenvalue weighted by Gasteiger charge is -2.19. The van der Waals surface area contributed by atoms with E-state index in [2.05, 4.69) is 10.6 Å². The number of nitrogens with zero attached hydrogens (tertiary/aromatic N) is 1. The van der Waals surface area contributed by atoms with Gasteiger partial charge in [-0.15, -0.1) is 0 Å². The van der Waals surface area contributed by atoms with Gasteiger partial charge in [0, 0.05) is 30.4 Å². The minimum atomic E-state index is -0.932. The summed E-state index contributed by atoms with van der Waals surface area (Å²) >= 11 is 0. The van der Waals surface area contributed by atoms with Crippen molar-refractivity contribution in [2.45, 2.75) is 12.8 Å². The number of carbonyl (C=O) groups excluding carboxylic acids is 3. The molecule has 1 aliphatic heterocycles. The van der Waals surface area contributed by atoms with Gasteiger partial charge in [0.1, 0.15) is 11.6 Å². The number of hydrogen-bond donors (Lipinski definition) is 2. The van der Waals surface area contributed by atoms with Gasteiger partial charge in [0.05, 0.1) is 12.8 Å². The van der Waals surface area contributed by atoms with Crippen molar-refractivity contribution in [3.63, 3.8) is 0 Å². The van der Waals surface area contributed by atoms with Crippen LogP contribution in [0.1, 0.15) is 12.8 Å². The lowest BCUT2D eigenvalue weighted by molar-refractivity contribution is -0.133. The molecule has 0 saturated carbocycles. The smallest absolute Gasteiger partial charge is 0.314 e. The van der Waals surface area contributed by atoms with Gasteiger partial charge >= 0.3 is 11.8 Å². The molecule has 3 rings (SSSR count). The second-order valence-corrected chi connectivity index (χ2v) is 5.95. The van der Waals surface area contributed by atoms with E-state index in [1.54, 1.807) is 17.0 Å². The molecule has 1 heterocycles. The van der Waals surface area contributed by atoms with Crippen LogP contribution in [0, 0.1) is 5.82 Å². The van der Waals surface area contributed by atoms with Crippen LogP contribution in [0.3, 0.4) is 0 Å². The van der Waals surface area contributed by atoms with Crippen LogP contribution in [-0.2, 0) is 14.4 Å². The summed E-state index contributed by atoms with van der Waals surface area (Å²) in [6, 6.07) is 10.0. The molecular weight excluding hydrogens is 353 g/mol. The van der Waals surface area contributed by atoms with Gasteiger partial charge in [0.25, 0.3) is 0 Å². The third-order valence-corrected chi connectivity index (χ3v) is 4.09.